The topological polar surface area (TPSA) is 86.8 Å². The quantitative estimate of drug-likeness (QED) is 0.767. The maximum Gasteiger partial charge on any atom is 0.243 e. The van der Waals surface area contributed by atoms with Gasteiger partial charge in [0, 0.05) is 45.2 Å². The Morgan fingerprint density at radius 3 is 2.30 bits per heavy atom. The van der Waals surface area contributed by atoms with Crippen LogP contribution in [-0.4, -0.2) is 56.1 Å². The van der Waals surface area contributed by atoms with E-state index in [9.17, 15) is 18.0 Å². The third-order valence-electron chi connectivity index (χ3n) is 4.84. The largest absolute Gasteiger partial charge is 0.346 e. The Labute approximate surface area is 161 Å². The van der Waals surface area contributed by atoms with Crippen LogP contribution in [-0.2, 0) is 19.6 Å². The molecule has 2 rings (SSSR count). The fourth-order valence-corrected chi connectivity index (χ4v) is 4.69. The van der Waals surface area contributed by atoms with Crippen LogP contribution in [0.3, 0.4) is 0 Å². The van der Waals surface area contributed by atoms with Crippen LogP contribution in [0.15, 0.2) is 29.2 Å². The zero-order valence-corrected chi connectivity index (χ0v) is 17.1. The monoisotopic (exact) mass is 395 g/mol. The molecule has 2 amide bonds. The molecule has 0 aromatic heterocycles. The minimum atomic E-state index is -3.60. The van der Waals surface area contributed by atoms with Crippen molar-refractivity contribution in [1.29, 1.82) is 0 Å². The second-order valence-electron chi connectivity index (χ2n) is 7.00. The molecule has 1 aliphatic heterocycles. The van der Waals surface area contributed by atoms with E-state index in [4.69, 9.17) is 0 Å². The number of carbonyl (C=O) groups is 2. The van der Waals surface area contributed by atoms with Gasteiger partial charge < -0.3 is 10.2 Å². The lowest BCUT2D eigenvalue weighted by Gasteiger charge is -2.32. The Balaban J connectivity index is 1.97. The Hall–Kier alpha value is -1.93. The minimum absolute atomic E-state index is 0.111. The van der Waals surface area contributed by atoms with E-state index in [1.54, 1.807) is 17.0 Å². The Kier molecular flexibility index (Phi) is 7.38. The van der Waals surface area contributed by atoms with Crippen LogP contribution in [0.2, 0.25) is 0 Å². The molecule has 1 fully saturated rings. The molecule has 27 heavy (non-hydrogen) atoms. The summed E-state index contributed by atoms with van der Waals surface area (Å²) in [6.45, 7) is 4.91. The summed E-state index contributed by atoms with van der Waals surface area (Å²) in [5, 5.41) is 2.62. The standard InChI is InChI=1S/C19H29N3O4S/c1-4-5-12-21(3)19(24)16-10-13-22(14-11-16)27(25,26)18-8-6-17(7-9-18)20-15(2)23/h6-9,16H,4-5,10-14H2,1-3H3,(H,20,23). The number of benzene rings is 1. The molecule has 0 radical (unpaired) electrons. The van der Waals surface area contributed by atoms with Crippen molar-refractivity contribution < 1.29 is 18.0 Å². The third-order valence-corrected chi connectivity index (χ3v) is 6.75. The average molecular weight is 396 g/mol. The summed E-state index contributed by atoms with van der Waals surface area (Å²) >= 11 is 0. The maximum atomic E-state index is 12.8. The molecule has 0 saturated carbocycles. The van der Waals surface area contributed by atoms with Crippen molar-refractivity contribution in [3.8, 4) is 0 Å². The summed E-state index contributed by atoms with van der Waals surface area (Å²) in [4.78, 5) is 25.5. The number of nitrogens with zero attached hydrogens (tertiary/aromatic N) is 2. The van der Waals surface area contributed by atoms with Crippen LogP contribution in [0.25, 0.3) is 0 Å². The van der Waals surface area contributed by atoms with Gasteiger partial charge in [-0.3, -0.25) is 9.59 Å². The first kappa shape index (κ1) is 21.4. The van der Waals surface area contributed by atoms with Gasteiger partial charge in [0.25, 0.3) is 0 Å². The molecule has 1 heterocycles. The SMILES string of the molecule is CCCCN(C)C(=O)C1CCN(S(=O)(=O)c2ccc(NC(C)=O)cc2)CC1. The van der Waals surface area contributed by atoms with Crippen molar-refractivity contribution in [2.45, 2.75) is 44.4 Å². The van der Waals surface area contributed by atoms with Crippen molar-refractivity contribution in [2.24, 2.45) is 5.92 Å². The van der Waals surface area contributed by atoms with Gasteiger partial charge in [-0.05, 0) is 43.5 Å². The van der Waals surface area contributed by atoms with Crippen molar-refractivity contribution in [3.05, 3.63) is 24.3 Å². The third kappa shape index (κ3) is 5.52. The number of amides is 2. The first-order valence-corrected chi connectivity index (χ1v) is 10.8. The molecule has 0 spiro atoms. The number of anilines is 1. The van der Waals surface area contributed by atoms with E-state index >= 15 is 0 Å². The highest BCUT2D eigenvalue weighted by Crippen LogP contribution is 2.25. The highest BCUT2D eigenvalue weighted by molar-refractivity contribution is 7.89. The molecule has 1 aromatic rings. The van der Waals surface area contributed by atoms with Gasteiger partial charge in [-0.25, -0.2) is 8.42 Å². The predicted molar refractivity (Wildman–Crippen MR) is 105 cm³/mol. The van der Waals surface area contributed by atoms with E-state index in [2.05, 4.69) is 12.2 Å². The average Bonchev–Trinajstić information content (AvgIpc) is 2.65. The van der Waals surface area contributed by atoms with Gasteiger partial charge in [0.05, 0.1) is 4.90 Å². The molecule has 1 N–H and O–H groups in total. The maximum absolute atomic E-state index is 12.8. The molecule has 0 unspecified atom stereocenters. The normalized spacial score (nSPS) is 16.1. The van der Waals surface area contributed by atoms with Crippen molar-refractivity contribution in [2.75, 3.05) is 32.0 Å². The van der Waals surface area contributed by atoms with Crippen molar-refractivity contribution >= 4 is 27.5 Å². The lowest BCUT2D eigenvalue weighted by atomic mass is 9.96. The van der Waals surface area contributed by atoms with E-state index in [0.29, 0.717) is 31.6 Å². The number of hydrogen-bond donors (Lipinski definition) is 1. The van der Waals surface area contributed by atoms with E-state index in [1.807, 2.05) is 7.05 Å². The number of piperidine rings is 1. The van der Waals surface area contributed by atoms with Gasteiger partial charge in [0.1, 0.15) is 0 Å². The summed E-state index contributed by atoms with van der Waals surface area (Å²) in [5.41, 5.74) is 0.556. The van der Waals surface area contributed by atoms with Crippen LogP contribution in [0.1, 0.15) is 39.5 Å². The smallest absolute Gasteiger partial charge is 0.243 e. The molecular formula is C19H29N3O4S. The van der Waals surface area contributed by atoms with Gasteiger partial charge in [0.2, 0.25) is 21.8 Å². The summed E-state index contributed by atoms with van der Waals surface area (Å²) < 4.78 is 27.1. The summed E-state index contributed by atoms with van der Waals surface area (Å²) in [5.74, 6) is -0.207. The van der Waals surface area contributed by atoms with Gasteiger partial charge in [-0.1, -0.05) is 13.3 Å². The number of unbranched alkanes of at least 4 members (excludes halogenated alkanes) is 1. The zero-order valence-electron chi connectivity index (χ0n) is 16.3. The van der Waals surface area contributed by atoms with Gasteiger partial charge in [-0.2, -0.15) is 4.31 Å². The number of nitrogens with one attached hydrogen (secondary N) is 1. The number of rotatable bonds is 7. The Morgan fingerprint density at radius 1 is 1.19 bits per heavy atom. The van der Waals surface area contributed by atoms with Crippen LogP contribution >= 0.6 is 0 Å². The number of sulfonamides is 1. The molecule has 0 atom stereocenters. The lowest BCUT2D eigenvalue weighted by molar-refractivity contribution is -0.135. The van der Waals surface area contributed by atoms with Crippen molar-refractivity contribution in [3.63, 3.8) is 0 Å². The number of hydrogen-bond acceptors (Lipinski definition) is 4. The second-order valence-corrected chi connectivity index (χ2v) is 8.94. The van der Waals surface area contributed by atoms with Gasteiger partial charge in [-0.15, -0.1) is 0 Å². The van der Waals surface area contributed by atoms with Crippen LogP contribution < -0.4 is 5.32 Å². The molecule has 8 heteroatoms. The highest BCUT2D eigenvalue weighted by atomic mass is 32.2. The summed E-state index contributed by atoms with van der Waals surface area (Å²) in [6, 6.07) is 6.15. The van der Waals surface area contributed by atoms with E-state index < -0.39 is 10.0 Å². The van der Waals surface area contributed by atoms with Gasteiger partial charge >= 0.3 is 0 Å². The van der Waals surface area contributed by atoms with E-state index in [-0.39, 0.29) is 22.6 Å². The fourth-order valence-electron chi connectivity index (χ4n) is 3.22. The molecule has 7 nitrogen and oxygen atoms in total. The van der Waals surface area contributed by atoms with Crippen LogP contribution in [0.5, 0.6) is 0 Å². The molecule has 1 aromatic carbocycles. The van der Waals surface area contributed by atoms with Crippen LogP contribution in [0, 0.1) is 5.92 Å². The minimum Gasteiger partial charge on any atom is -0.346 e. The Morgan fingerprint density at radius 2 is 1.78 bits per heavy atom. The molecule has 1 saturated heterocycles. The molecular weight excluding hydrogens is 366 g/mol. The highest BCUT2D eigenvalue weighted by Gasteiger charge is 2.33. The first-order valence-electron chi connectivity index (χ1n) is 9.38. The second kappa shape index (κ2) is 9.32. The predicted octanol–water partition coefficient (Wildman–Crippen LogP) is 2.30. The van der Waals surface area contributed by atoms with E-state index in [0.717, 1.165) is 19.4 Å². The zero-order chi connectivity index (χ0) is 20.0. The summed E-state index contributed by atoms with van der Waals surface area (Å²) in [7, 11) is -1.78. The molecule has 1 aliphatic rings. The van der Waals surface area contributed by atoms with Crippen LogP contribution in [0.4, 0.5) is 5.69 Å². The summed E-state index contributed by atoms with van der Waals surface area (Å²) in [6.07, 6.45) is 3.09. The van der Waals surface area contributed by atoms with Gasteiger partial charge in [0.15, 0.2) is 0 Å². The molecule has 0 bridgehead atoms. The number of carbonyl (C=O) groups excluding carboxylic acids is 2. The first-order chi connectivity index (χ1) is 12.8. The van der Waals surface area contributed by atoms with E-state index in [1.165, 1.54) is 23.4 Å². The Bertz CT molecular complexity index is 754. The molecule has 150 valence electrons. The molecule has 0 aliphatic carbocycles. The lowest BCUT2D eigenvalue weighted by Crippen LogP contribution is -2.43. The van der Waals surface area contributed by atoms with Crippen molar-refractivity contribution in [1.82, 2.24) is 9.21 Å². The fraction of sp³-hybridized carbons (Fsp3) is 0.579.